The first-order chi connectivity index (χ1) is 12.4. The van der Waals surface area contributed by atoms with E-state index >= 15 is 0 Å². The Bertz CT molecular complexity index is 895. The lowest BCUT2D eigenvalue weighted by molar-refractivity contribution is 0.210. The second-order valence-electron chi connectivity index (χ2n) is 6.56. The third-order valence-corrected chi connectivity index (χ3v) is 5.80. The van der Waals surface area contributed by atoms with Crippen molar-refractivity contribution < 1.29 is 13.2 Å². The van der Waals surface area contributed by atoms with Crippen molar-refractivity contribution in [2.75, 3.05) is 37.6 Å². The predicted octanol–water partition coefficient (Wildman–Crippen LogP) is 2.46. The lowest BCUT2D eigenvalue weighted by Crippen LogP contribution is -2.14. The van der Waals surface area contributed by atoms with Gasteiger partial charge in [-0.3, -0.25) is 0 Å². The van der Waals surface area contributed by atoms with Crippen LogP contribution in [0.2, 0.25) is 0 Å². The van der Waals surface area contributed by atoms with Gasteiger partial charge in [-0.1, -0.05) is 12.5 Å². The largest absolute Gasteiger partial charge is 0.383 e. The minimum atomic E-state index is -3.26. The van der Waals surface area contributed by atoms with Gasteiger partial charge in [0.2, 0.25) is 5.95 Å². The van der Waals surface area contributed by atoms with Crippen LogP contribution in [0.5, 0.6) is 0 Å². The molecule has 2 aromatic rings. The highest BCUT2D eigenvalue weighted by atomic mass is 32.2. The summed E-state index contributed by atoms with van der Waals surface area (Å²) in [5, 5.41) is 3.23. The van der Waals surface area contributed by atoms with Gasteiger partial charge in [-0.15, -0.1) is 0 Å². The molecule has 0 radical (unpaired) electrons. The second-order valence-corrected chi connectivity index (χ2v) is 8.57. The minimum Gasteiger partial charge on any atom is -0.383 e. The normalized spacial score (nSPS) is 14.8. The number of benzene rings is 1. The van der Waals surface area contributed by atoms with E-state index in [2.05, 4.69) is 15.3 Å². The van der Waals surface area contributed by atoms with Crippen LogP contribution in [0.15, 0.2) is 29.3 Å². The molecule has 1 saturated carbocycles. The molecule has 8 heteroatoms. The van der Waals surface area contributed by atoms with Crippen LogP contribution in [0.1, 0.15) is 30.7 Å². The first kappa shape index (κ1) is 18.6. The first-order valence-electron chi connectivity index (χ1n) is 8.60. The van der Waals surface area contributed by atoms with E-state index in [1.807, 2.05) is 6.07 Å². The number of nitrogens with two attached hydrogens (primary N) is 1. The molecule has 140 valence electrons. The van der Waals surface area contributed by atoms with Crippen LogP contribution in [0.4, 0.5) is 11.8 Å². The molecule has 0 saturated heterocycles. The molecule has 1 aliphatic carbocycles. The molecule has 0 atom stereocenters. The lowest BCUT2D eigenvalue weighted by atomic mass is 9.77. The number of methoxy groups -OCH3 is 1. The Morgan fingerprint density at radius 1 is 1.31 bits per heavy atom. The molecular formula is C18H24N4O3S. The molecule has 0 bridgehead atoms. The molecule has 1 fully saturated rings. The summed E-state index contributed by atoms with van der Waals surface area (Å²) >= 11 is 0. The molecule has 0 aliphatic heterocycles. The van der Waals surface area contributed by atoms with Crippen LogP contribution >= 0.6 is 0 Å². The van der Waals surface area contributed by atoms with Gasteiger partial charge < -0.3 is 15.8 Å². The van der Waals surface area contributed by atoms with Crippen molar-refractivity contribution in [2.45, 2.75) is 30.1 Å². The van der Waals surface area contributed by atoms with Gasteiger partial charge in [-0.2, -0.15) is 4.98 Å². The average molecular weight is 376 g/mol. The Labute approximate surface area is 153 Å². The van der Waals surface area contributed by atoms with E-state index in [1.54, 1.807) is 25.4 Å². The second kappa shape index (κ2) is 7.59. The molecular weight excluding hydrogens is 352 g/mol. The zero-order valence-corrected chi connectivity index (χ0v) is 15.8. The Hall–Kier alpha value is -2.19. The SMILES string of the molecule is COCCNc1nc(N)ncc1-c1ccc(S(C)(=O)=O)cc1C1CCC1. The van der Waals surface area contributed by atoms with Crippen molar-refractivity contribution >= 4 is 21.6 Å². The fraction of sp³-hybridized carbons (Fsp3) is 0.444. The van der Waals surface area contributed by atoms with Crippen molar-refractivity contribution in [3.8, 4) is 11.1 Å². The number of anilines is 2. The van der Waals surface area contributed by atoms with Crippen molar-refractivity contribution in [1.82, 2.24) is 9.97 Å². The molecule has 0 amide bonds. The maximum absolute atomic E-state index is 12.0. The summed E-state index contributed by atoms with van der Waals surface area (Å²) in [6.45, 7) is 1.12. The maximum atomic E-state index is 12.0. The van der Waals surface area contributed by atoms with Crippen LogP contribution in [0.25, 0.3) is 11.1 Å². The van der Waals surface area contributed by atoms with Gasteiger partial charge in [0.25, 0.3) is 0 Å². The maximum Gasteiger partial charge on any atom is 0.221 e. The molecule has 0 spiro atoms. The summed E-state index contributed by atoms with van der Waals surface area (Å²) in [5.41, 5.74) is 8.55. The Morgan fingerprint density at radius 3 is 2.69 bits per heavy atom. The highest BCUT2D eigenvalue weighted by molar-refractivity contribution is 7.90. The van der Waals surface area contributed by atoms with E-state index < -0.39 is 9.84 Å². The number of nitrogens with zero attached hydrogens (tertiary/aromatic N) is 2. The van der Waals surface area contributed by atoms with E-state index in [0.29, 0.717) is 29.8 Å². The number of sulfone groups is 1. The van der Waals surface area contributed by atoms with Gasteiger partial charge in [-0.05, 0) is 42.0 Å². The van der Waals surface area contributed by atoms with Crippen LogP contribution in [-0.2, 0) is 14.6 Å². The fourth-order valence-electron chi connectivity index (χ4n) is 3.07. The number of nitrogen functional groups attached to an aromatic ring is 1. The van der Waals surface area contributed by atoms with E-state index in [0.717, 1.165) is 36.0 Å². The van der Waals surface area contributed by atoms with E-state index in [9.17, 15) is 8.42 Å². The molecule has 0 unspecified atom stereocenters. The highest BCUT2D eigenvalue weighted by Crippen LogP contribution is 2.43. The number of hydrogen-bond donors (Lipinski definition) is 2. The Morgan fingerprint density at radius 2 is 2.08 bits per heavy atom. The van der Waals surface area contributed by atoms with E-state index in [-0.39, 0.29) is 5.95 Å². The predicted molar refractivity (Wildman–Crippen MR) is 102 cm³/mol. The molecule has 7 nitrogen and oxygen atoms in total. The average Bonchev–Trinajstić information content (AvgIpc) is 2.53. The summed E-state index contributed by atoms with van der Waals surface area (Å²) in [5.74, 6) is 1.17. The van der Waals surface area contributed by atoms with Crippen molar-refractivity contribution in [3.05, 3.63) is 30.0 Å². The van der Waals surface area contributed by atoms with Crippen molar-refractivity contribution in [1.29, 1.82) is 0 Å². The van der Waals surface area contributed by atoms with Gasteiger partial charge in [-0.25, -0.2) is 13.4 Å². The van der Waals surface area contributed by atoms with E-state index in [1.165, 1.54) is 6.26 Å². The van der Waals surface area contributed by atoms with Crippen molar-refractivity contribution in [2.24, 2.45) is 0 Å². The van der Waals surface area contributed by atoms with E-state index in [4.69, 9.17) is 10.5 Å². The topological polar surface area (TPSA) is 107 Å². The zero-order valence-electron chi connectivity index (χ0n) is 15.0. The highest BCUT2D eigenvalue weighted by Gasteiger charge is 2.25. The number of nitrogens with one attached hydrogen (secondary N) is 1. The quantitative estimate of drug-likeness (QED) is 0.715. The molecule has 3 rings (SSSR count). The Balaban J connectivity index is 2.08. The lowest BCUT2D eigenvalue weighted by Gasteiger charge is -2.29. The van der Waals surface area contributed by atoms with Gasteiger partial charge in [0.1, 0.15) is 5.82 Å². The molecule has 3 N–H and O–H groups in total. The monoisotopic (exact) mass is 376 g/mol. The van der Waals surface area contributed by atoms with Crippen LogP contribution in [0.3, 0.4) is 0 Å². The van der Waals surface area contributed by atoms with Gasteiger partial charge in [0, 0.05) is 31.7 Å². The summed E-state index contributed by atoms with van der Waals surface area (Å²) in [6.07, 6.45) is 6.20. The molecule has 26 heavy (non-hydrogen) atoms. The van der Waals surface area contributed by atoms with Crippen LogP contribution in [0, 0.1) is 0 Å². The van der Waals surface area contributed by atoms with Crippen LogP contribution in [-0.4, -0.2) is 44.9 Å². The molecule has 1 aromatic carbocycles. The van der Waals surface area contributed by atoms with Gasteiger partial charge in [0.15, 0.2) is 9.84 Å². The number of hydrogen-bond acceptors (Lipinski definition) is 7. The zero-order chi connectivity index (χ0) is 18.7. The summed E-state index contributed by atoms with van der Waals surface area (Å²) in [6, 6.07) is 5.28. The summed E-state index contributed by atoms with van der Waals surface area (Å²) < 4.78 is 29.0. The molecule has 1 aliphatic rings. The number of ether oxygens (including phenoxy) is 1. The number of aromatic nitrogens is 2. The third kappa shape index (κ3) is 3.96. The van der Waals surface area contributed by atoms with Gasteiger partial charge >= 0.3 is 0 Å². The molecule has 1 aromatic heterocycles. The fourth-order valence-corrected chi connectivity index (χ4v) is 3.73. The van der Waals surface area contributed by atoms with Gasteiger partial charge in [0.05, 0.1) is 11.5 Å². The standard InChI is InChI=1S/C18H24N4O3S/c1-25-9-8-20-17-16(11-21-18(19)22-17)14-7-6-13(26(2,23)24)10-15(14)12-4-3-5-12/h6-7,10-12H,3-5,8-9H2,1-2H3,(H3,19,20,21,22). The van der Waals surface area contributed by atoms with Crippen LogP contribution < -0.4 is 11.1 Å². The summed E-state index contributed by atoms with van der Waals surface area (Å²) in [7, 11) is -1.63. The van der Waals surface area contributed by atoms with Crippen molar-refractivity contribution in [3.63, 3.8) is 0 Å². The third-order valence-electron chi connectivity index (χ3n) is 4.69. The minimum absolute atomic E-state index is 0.187. The smallest absolute Gasteiger partial charge is 0.221 e. The Kier molecular flexibility index (Phi) is 5.43. The summed E-state index contributed by atoms with van der Waals surface area (Å²) in [4.78, 5) is 8.80. The number of rotatable bonds is 7. The first-order valence-corrected chi connectivity index (χ1v) is 10.5. The molecule has 1 heterocycles.